The predicted octanol–water partition coefficient (Wildman–Crippen LogP) is 3.18. The molecule has 0 aromatic carbocycles. The number of carbonyl (C=O) groups is 2. The summed E-state index contributed by atoms with van der Waals surface area (Å²) in [6.45, 7) is 2.60. The molecule has 0 aliphatic heterocycles. The summed E-state index contributed by atoms with van der Waals surface area (Å²) in [6, 6.07) is 0. The van der Waals surface area contributed by atoms with E-state index in [-0.39, 0.29) is 23.1 Å². The molecule has 0 amide bonds. The van der Waals surface area contributed by atoms with Gasteiger partial charge >= 0.3 is 35.0 Å². The van der Waals surface area contributed by atoms with Crippen LogP contribution in [0.15, 0.2) is 12.2 Å². The summed E-state index contributed by atoms with van der Waals surface area (Å²) in [6.07, 6.45) is 14.0. The van der Waals surface area contributed by atoms with Gasteiger partial charge in [0.1, 0.15) is 0 Å². The van der Waals surface area contributed by atoms with E-state index >= 15 is 0 Å². The van der Waals surface area contributed by atoms with Crippen molar-refractivity contribution in [1.82, 2.24) is 0 Å². The molecular formula is C16H30MgO4. The van der Waals surface area contributed by atoms with Crippen LogP contribution in [-0.4, -0.2) is 46.7 Å². The van der Waals surface area contributed by atoms with E-state index in [1.54, 1.807) is 0 Å². The van der Waals surface area contributed by atoms with Gasteiger partial charge in [0.2, 0.25) is 0 Å². The minimum atomic E-state index is -1.14. The molecule has 0 atom stereocenters. The first-order valence-electron chi connectivity index (χ1n) is 7.74. The van der Waals surface area contributed by atoms with E-state index in [1.807, 2.05) is 0 Å². The number of carboxylic acids is 1. The quantitative estimate of drug-likeness (QED) is 0.246. The summed E-state index contributed by atoms with van der Waals surface area (Å²) in [7, 11) is 0. The van der Waals surface area contributed by atoms with Crippen molar-refractivity contribution >= 4 is 35.0 Å². The Morgan fingerprint density at radius 3 is 1.81 bits per heavy atom. The minimum Gasteiger partial charge on any atom is -0.478 e. The molecule has 0 heterocycles. The van der Waals surface area contributed by atoms with Crippen molar-refractivity contribution in [2.24, 2.45) is 0 Å². The number of esters is 1. The largest absolute Gasteiger partial charge is 0.478 e. The van der Waals surface area contributed by atoms with Gasteiger partial charge in [-0.2, -0.15) is 0 Å². The number of carbonyl (C=O) groups excluding carboxylic acids is 1. The van der Waals surface area contributed by atoms with E-state index in [1.165, 1.54) is 51.4 Å². The van der Waals surface area contributed by atoms with E-state index < -0.39 is 11.9 Å². The third-order valence-electron chi connectivity index (χ3n) is 3.10. The summed E-state index contributed by atoms with van der Waals surface area (Å²) in [5.41, 5.74) is 0. The second-order valence-corrected chi connectivity index (χ2v) is 5.02. The van der Waals surface area contributed by atoms with Crippen molar-refractivity contribution in [3.05, 3.63) is 12.2 Å². The fraction of sp³-hybridized carbons (Fsp3) is 0.750. The molecule has 0 spiro atoms. The van der Waals surface area contributed by atoms with Gasteiger partial charge < -0.3 is 9.84 Å². The molecular weight excluding hydrogens is 280 g/mol. The van der Waals surface area contributed by atoms with Crippen LogP contribution in [0.4, 0.5) is 0 Å². The van der Waals surface area contributed by atoms with Crippen LogP contribution in [-0.2, 0) is 14.3 Å². The van der Waals surface area contributed by atoms with Gasteiger partial charge in [-0.25, -0.2) is 9.59 Å². The summed E-state index contributed by atoms with van der Waals surface area (Å²) in [4.78, 5) is 21.2. The Kier molecular flexibility index (Phi) is 18.9. The molecule has 0 aromatic rings. The Bertz CT molecular complexity index is 290. The molecule has 120 valence electrons. The van der Waals surface area contributed by atoms with Gasteiger partial charge in [-0.3, -0.25) is 0 Å². The third kappa shape index (κ3) is 19.4. The maximum Gasteiger partial charge on any atom is 0.331 e. The van der Waals surface area contributed by atoms with E-state index in [0.29, 0.717) is 6.61 Å². The fourth-order valence-corrected chi connectivity index (χ4v) is 1.95. The van der Waals surface area contributed by atoms with Crippen LogP contribution in [0.2, 0.25) is 0 Å². The molecule has 0 saturated carbocycles. The number of hydrogen-bond donors (Lipinski definition) is 1. The van der Waals surface area contributed by atoms with Crippen molar-refractivity contribution < 1.29 is 19.4 Å². The van der Waals surface area contributed by atoms with E-state index in [9.17, 15) is 9.59 Å². The van der Waals surface area contributed by atoms with Crippen molar-refractivity contribution in [1.29, 1.82) is 0 Å². The lowest BCUT2D eigenvalue weighted by Gasteiger charge is -2.03. The molecule has 0 radical (unpaired) electrons. The van der Waals surface area contributed by atoms with Crippen LogP contribution in [0.1, 0.15) is 71.1 Å². The van der Waals surface area contributed by atoms with Crippen LogP contribution < -0.4 is 0 Å². The van der Waals surface area contributed by atoms with Crippen molar-refractivity contribution in [3.63, 3.8) is 0 Å². The van der Waals surface area contributed by atoms with Gasteiger partial charge in [0.25, 0.3) is 0 Å². The minimum absolute atomic E-state index is 0. The van der Waals surface area contributed by atoms with Gasteiger partial charge in [0.05, 0.1) is 6.61 Å². The molecule has 4 nitrogen and oxygen atoms in total. The van der Waals surface area contributed by atoms with E-state index in [4.69, 9.17) is 9.84 Å². The highest BCUT2D eigenvalue weighted by molar-refractivity contribution is 5.90. The molecule has 0 rings (SSSR count). The van der Waals surface area contributed by atoms with Gasteiger partial charge in [-0.1, -0.05) is 64.7 Å². The average Bonchev–Trinajstić information content (AvgIpc) is 2.42. The summed E-state index contributed by atoms with van der Waals surface area (Å²) in [5, 5.41) is 8.33. The summed E-state index contributed by atoms with van der Waals surface area (Å²) >= 11 is 0. The van der Waals surface area contributed by atoms with Crippen LogP contribution in [0.25, 0.3) is 0 Å². The first kappa shape index (κ1) is 22.7. The lowest BCUT2D eigenvalue weighted by molar-refractivity contribution is -0.138. The number of ether oxygens (including phenoxy) is 1. The summed E-state index contributed by atoms with van der Waals surface area (Å²) in [5.74, 6) is -1.72. The topological polar surface area (TPSA) is 63.6 Å². The maximum absolute atomic E-state index is 11.0. The SMILES string of the molecule is CCCCCCCCCCCCOC(=O)/C=C\C(=O)O.[MgH2]. The first-order chi connectivity index (χ1) is 9.66. The van der Waals surface area contributed by atoms with Crippen molar-refractivity contribution in [2.75, 3.05) is 6.61 Å². The van der Waals surface area contributed by atoms with Gasteiger partial charge in [-0.15, -0.1) is 0 Å². The second-order valence-electron chi connectivity index (χ2n) is 5.02. The first-order valence-corrected chi connectivity index (χ1v) is 7.74. The molecule has 0 saturated heterocycles. The second kappa shape index (κ2) is 17.5. The van der Waals surface area contributed by atoms with E-state index in [2.05, 4.69) is 6.92 Å². The lowest BCUT2D eigenvalue weighted by atomic mass is 10.1. The highest BCUT2D eigenvalue weighted by Crippen LogP contribution is 2.10. The number of carboxylic acid groups (broad SMARTS) is 1. The number of hydrogen-bond acceptors (Lipinski definition) is 3. The predicted molar refractivity (Wildman–Crippen MR) is 88.1 cm³/mol. The Morgan fingerprint density at radius 1 is 0.857 bits per heavy atom. The van der Waals surface area contributed by atoms with Crippen LogP contribution in [0.3, 0.4) is 0 Å². The molecule has 0 bridgehead atoms. The van der Waals surface area contributed by atoms with Crippen molar-refractivity contribution in [3.8, 4) is 0 Å². The Labute approximate surface area is 144 Å². The molecule has 5 heteroatoms. The van der Waals surface area contributed by atoms with Crippen molar-refractivity contribution in [2.45, 2.75) is 71.1 Å². The Balaban J connectivity index is 0. The molecule has 0 aliphatic rings. The zero-order valence-corrected chi connectivity index (χ0v) is 12.6. The molecule has 0 aliphatic carbocycles. The van der Waals surface area contributed by atoms with Crippen LogP contribution >= 0.6 is 0 Å². The zero-order valence-electron chi connectivity index (χ0n) is 12.6. The standard InChI is InChI=1S/C16H28O4.Mg.2H/c1-2-3-4-5-6-7-8-9-10-11-14-20-16(19)13-12-15(17)18;;;/h12-13H,2-11,14H2,1H3,(H,17,18);;;/b13-12-;;;. The Hall–Kier alpha value is -0.554. The van der Waals surface area contributed by atoms with Gasteiger partial charge in [-0.05, 0) is 6.42 Å². The molecule has 0 aromatic heterocycles. The third-order valence-corrected chi connectivity index (χ3v) is 3.10. The van der Waals surface area contributed by atoms with Crippen LogP contribution in [0, 0.1) is 0 Å². The number of rotatable bonds is 13. The van der Waals surface area contributed by atoms with Gasteiger partial charge in [0, 0.05) is 12.2 Å². The molecule has 0 fully saturated rings. The normalized spacial score (nSPS) is 10.3. The summed E-state index contributed by atoms with van der Waals surface area (Å²) < 4.78 is 4.88. The van der Waals surface area contributed by atoms with Crippen LogP contribution in [0.5, 0.6) is 0 Å². The fourth-order valence-electron chi connectivity index (χ4n) is 1.95. The maximum atomic E-state index is 11.0. The number of aliphatic carboxylic acids is 1. The molecule has 0 unspecified atom stereocenters. The molecule has 21 heavy (non-hydrogen) atoms. The highest BCUT2D eigenvalue weighted by atomic mass is 24.3. The lowest BCUT2D eigenvalue weighted by Crippen LogP contribution is -2.03. The monoisotopic (exact) mass is 310 g/mol. The van der Waals surface area contributed by atoms with Gasteiger partial charge in [0.15, 0.2) is 0 Å². The average molecular weight is 311 g/mol. The zero-order chi connectivity index (χ0) is 15.1. The smallest absolute Gasteiger partial charge is 0.331 e. The highest BCUT2D eigenvalue weighted by Gasteiger charge is 1.98. The molecule has 1 N–H and O–H groups in total. The van der Waals surface area contributed by atoms with E-state index in [0.717, 1.165) is 25.0 Å². The number of unbranched alkanes of at least 4 members (excludes halogenated alkanes) is 9. The Morgan fingerprint density at radius 2 is 1.33 bits per heavy atom.